The Morgan fingerprint density at radius 1 is 1.45 bits per heavy atom. The van der Waals surface area contributed by atoms with Gasteiger partial charge in [-0.1, -0.05) is 35.8 Å². The van der Waals surface area contributed by atoms with Gasteiger partial charge in [-0.2, -0.15) is 0 Å². The summed E-state index contributed by atoms with van der Waals surface area (Å²) >= 11 is 5.95. The Hall–Kier alpha value is -1.81. The lowest BCUT2D eigenvalue weighted by Crippen LogP contribution is -2.27. The molecular weight excluding hydrogens is 276 g/mol. The summed E-state index contributed by atoms with van der Waals surface area (Å²) in [5.41, 5.74) is 2.18. The van der Waals surface area contributed by atoms with Gasteiger partial charge in [-0.25, -0.2) is 0 Å². The summed E-state index contributed by atoms with van der Waals surface area (Å²) in [5.74, 6) is 0.547. The molecule has 0 saturated heterocycles. The van der Waals surface area contributed by atoms with Crippen LogP contribution in [0.1, 0.15) is 34.3 Å². The van der Waals surface area contributed by atoms with Gasteiger partial charge in [0.1, 0.15) is 11.3 Å². The number of aryl methyl sites for hydroxylation is 2. The van der Waals surface area contributed by atoms with Crippen LogP contribution in [0, 0.1) is 6.92 Å². The second-order valence-corrected chi connectivity index (χ2v) is 5.15. The van der Waals surface area contributed by atoms with E-state index in [0.29, 0.717) is 35.0 Å². The SMILES string of the molecule is CCc1onc(C)c1C(=O)N(C)Cc1cccc(Cl)c1. The third kappa shape index (κ3) is 3.02. The summed E-state index contributed by atoms with van der Waals surface area (Å²) in [7, 11) is 1.76. The molecule has 0 aliphatic carbocycles. The van der Waals surface area contributed by atoms with E-state index in [-0.39, 0.29) is 5.91 Å². The maximum absolute atomic E-state index is 12.5. The van der Waals surface area contributed by atoms with Gasteiger partial charge in [0.2, 0.25) is 0 Å². The zero-order valence-electron chi connectivity index (χ0n) is 11.8. The van der Waals surface area contributed by atoms with E-state index >= 15 is 0 Å². The van der Waals surface area contributed by atoms with Crippen LogP contribution >= 0.6 is 11.6 Å². The van der Waals surface area contributed by atoms with Gasteiger partial charge in [0.05, 0.1) is 5.69 Å². The van der Waals surface area contributed by atoms with Crippen molar-refractivity contribution in [2.24, 2.45) is 0 Å². The highest BCUT2D eigenvalue weighted by molar-refractivity contribution is 6.30. The van der Waals surface area contributed by atoms with E-state index in [9.17, 15) is 4.79 Å². The molecule has 1 amide bonds. The lowest BCUT2D eigenvalue weighted by Gasteiger charge is -2.17. The zero-order valence-corrected chi connectivity index (χ0v) is 12.6. The summed E-state index contributed by atoms with van der Waals surface area (Å²) in [6.45, 7) is 4.21. The molecule has 106 valence electrons. The molecular formula is C15H17ClN2O2. The Labute approximate surface area is 123 Å². The number of halogens is 1. The normalized spacial score (nSPS) is 10.6. The fourth-order valence-electron chi connectivity index (χ4n) is 2.10. The molecule has 0 N–H and O–H groups in total. The predicted octanol–water partition coefficient (Wildman–Crippen LogP) is 3.47. The minimum Gasteiger partial charge on any atom is -0.360 e. The minimum absolute atomic E-state index is 0.0828. The molecule has 0 spiro atoms. The van der Waals surface area contributed by atoms with Gasteiger partial charge < -0.3 is 9.42 Å². The molecule has 4 nitrogen and oxygen atoms in total. The van der Waals surface area contributed by atoms with Gasteiger partial charge in [-0.3, -0.25) is 4.79 Å². The Morgan fingerprint density at radius 3 is 2.85 bits per heavy atom. The molecule has 0 atom stereocenters. The van der Waals surface area contributed by atoms with Crippen molar-refractivity contribution in [3.8, 4) is 0 Å². The highest BCUT2D eigenvalue weighted by atomic mass is 35.5. The van der Waals surface area contributed by atoms with Gasteiger partial charge in [0.25, 0.3) is 5.91 Å². The van der Waals surface area contributed by atoms with E-state index in [1.807, 2.05) is 31.2 Å². The lowest BCUT2D eigenvalue weighted by molar-refractivity contribution is 0.0782. The van der Waals surface area contributed by atoms with Crippen LogP contribution in [-0.4, -0.2) is 23.0 Å². The monoisotopic (exact) mass is 292 g/mol. The first-order valence-electron chi connectivity index (χ1n) is 6.48. The number of rotatable bonds is 4. The molecule has 0 aliphatic heterocycles. The van der Waals surface area contributed by atoms with E-state index in [0.717, 1.165) is 5.56 Å². The number of amides is 1. The maximum atomic E-state index is 12.5. The molecule has 5 heteroatoms. The first kappa shape index (κ1) is 14.6. The number of carbonyl (C=O) groups is 1. The average molecular weight is 293 g/mol. The van der Waals surface area contributed by atoms with Gasteiger partial charge >= 0.3 is 0 Å². The maximum Gasteiger partial charge on any atom is 0.259 e. The van der Waals surface area contributed by atoms with E-state index in [1.54, 1.807) is 18.9 Å². The molecule has 2 rings (SSSR count). The molecule has 2 aromatic rings. The third-order valence-corrected chi connectivity index (χ3v) is 3.36. The highest BCUT2D eigenvalue weighted by Gasteiger charge is 2.22. The first-order valence-corrected chi connectivity index (χ1v) is 6.85. The second-order valence-electron chi connectivity index (χ2n) is 4.71. The molecule has 1 aromatic carbocycles. The van der Waals surface area contributed by atoms with Crippen molar-refractivity contribution in [2.45, 2.75) is 26.8 Å². The summed E-state index contributed by atoms with van der Waals surface area (Å²) in [6.07, 6.45) is 0.646. The molecule has 0 saturated carbocycles. The molecule has 0 aliphatic rings. The largest absolute Gasteiger partial charge is 0.360 e. The molecule has 20 heavy (non-hydrogen) atoms. The van der Waals surface area contributed by atoms with E-state index in [2.05, 4.69) is 5.16 Å². The quantitative estimate of drug-likeness (QED) is 0.867. The summed E-state index contributed by atoms with van der Waals surface area (Å²) < 4.78 is 5.17. The number of hydrogen-bond donors (Lipinski definition) is 0. The van der Waals surface area contributed by atoms with Crippen LogP contribution in [0.15, 0.2) is 28.8 Å². The summed E-state index contributed by atoms with van der Waals surface area (Å²) in [5, 5.41) is 4.53. The van der Waals surface area contributed by atoms with Crippen molar-refractivity contribution in [3.05, 3.63) is 51.9 Å². The number of nitrogens with zero attached hydrogens (tertiary/aromatic N) is 2. The van der Waals surface area contributed by atoms with Crippen LogP contribution < -0.4 is 0 Å². The fraction of sp³-hybridized carbons (Fsp3) is 0.333. The lowest BCUT2D eigenvalue weighted by atomic mass is 10.1. The number of aromatic nitrogens is 1. The van der Waals surface area contributed by atoms with Crippen molar-refractivity contribution in [3.63, 3.8) is 0 Å². The summed E-state index contributed by atoms with van der Waals surface area (Å²) in [4.78, 5) is 14.1. The number of carbonyl (C=O) groups excluding carboxylic acids is 1. The van der Waals surface area contributed by atoms with Crippen LogP contribution in [0.4, 0.5) is 0 Å². The molecule has 0 radical (unpaired) electrons. The van der Waals surface area contributed by atoms with Crippen molar-refractivity contribution >= 4 is 17.5 Å². The Balaban J connectivity index is 2.18. The summed E-state index contributed by atoms with van der Waals surface area (Å²) in [6, 6.07) is 7.48. The first-order chi connectivity index (χ1) is 9.52. The smallest absolute Gasteiger partial charge is 0.259 e. The number of hydrogen-bond acceptors (Lipinski definition) is 3. The van der Waals surface area contributed by atoms with Crippen LogP contribution in [-0.2, 0) is 13.0 Å². The van der Waals surface area contributed by atoms with Crippen LogP contribution in [0.3, 0.4) is 0 Å². The van der Waals surface area contributed by atoms with Crippen molar-refractivity contribution in [1.29, 1.82) is 0 Å². The fourth-order valence-corrected chi connectivity index (χ4v) is 2.32. The second kappa shape index (κ2) is 6.09. The van der Waals surface area contributed by atoms with Crippen molar-refractivity contribution in [2.75, 3.05) is 7.05 Å². The number of benzene rings is 1. The average Bonchev–Trinajstić information content (AvgIpc) is 2.79. The van der Waals surface area contributed by atoms with Gasteiger partial charge in [-0.15, -0.1) is 0 Å². The van der Waals surface area contributed by atoms with E-state index in [1.165, 1.54) is 0 Å². The zero-order chi connectivity index (χ0) is 14.7. The third-order valence-electron chi connectivity index (χ3n) is 3.12. The molecule has 0 fully saturated rings. The van der Waals surface area contributed by atoms with Crippen LogP contribution in [0.2, 0.25) is 5.02 Å². The Bertz CT molecular complexity index is 622. The predicted molar refractivity (Wildman–Crippen MR) is 77.9 cm³/mol. The van der Waals surface area contributed by atoms with E-state index < -0.39 is 0 Å². The minimum atomic E-state index is -0.0828. The Kier molecular flexibility index (Phi) is 4.45. The molecule has 1 heterocycles. The van der Waals surface area contributed by atoms with Gasteiger partial charge in [0, 0.05) is 25.0 Å². The Morgan fingerprint density at radius 2 is 2.20 bits per heavy atom. The standard InChI is InChI=1S/C15H17ClN2O2/c1-4-13-14(10(2)17-20-13)15(19)18(3)9-11-6-5-7-12(16)8-11/h5-8H,4,9H2,1-3H3. The highest BCUT2D eigenvalue weighted by Crippen LogP contribution is 2.18. The molecule has 0 unspecified atom stereocenters. The topological polar surface area (TPSA) is 46.3 Å². The molecule has 0 bridgehead atoms. The van der Waals surface area contributed by atoms with Crippen LogP contribution in [0.25, 0.3) is 0 Å². The van der Waals surface area contributed by atoms with Crippen LogP contribution in [0.5, 0.6) is 0 Å². The van der Waals surface area contributed by atoms with E-state index in [4.69, 9.17) is 16.1 Å². The molecule has 1 aromatic heterocycles. The van der Waals surface area contributed by atoms with Crippen molar-refractivity contribution < 1.29 is 9.32 Å². The van der Waals surface area contributed by atoms with Gasteiger partial charge in [0.15, 0.2) is 0 Å². The van der Waals surface area contributed by atoms with Crippen molar-refractivity contribution in [1.82, 2.24) is 10.1 Å². The van der Waals surface area contributed by atoms with Gasteiger partial charge in [-0.05, 0) is 24.6 Å².